The van der Waals surface area contributed by atoms with Gasteiger partial charge in [-0.2, -0.15) is 0 Å². The van der Waals surface area contributed by atoms with Gasteiger partial charge in [-0.15, -0.1) is 0 Å². The predicted molar refractivity (Wildman–Crippen MR) is 145 cm³/mol. The molecule has 1 aliphatic heterocycles. The molecule has 9 heteroatoms. The van der Waals surface area contributed by atoms with E-state index in [-0.39, 0.29) is 17.6 Å². The monoisotopic (exact) mass is 514 g/mol. The van der Waals surface area contributed by atoms with Crippen LogP contribution in [0.1, 0.15) is 27.4 Å². The summed E-state index contributed by atoms with van der Waals surface area (Å²) in [6.45, 7) is 1.34. The minimum Gasteiger partial charge on any atom is -0.437 e. The highest BCUT2D eigenvalue weighted by Gasteiger charge is 2.36. The summed E-state index contributed by atoms with van der Waals surface area (Å²) in [6, 6.07) is 21.4. The normalized spacial score (nSPS) is 14.6. The highest BCUT2D eigenvalue weighted by molar-refractivity contribution is 6.24. The van der Waals surface area contributed by atoms with Gasteiger partial charge in [-0.1, -0.05) is 42.5 Å². The number of anilines is 1. The lowest BCUT2D eigenvalue weighted by Gasteiger charge is -2.20. The number of benzene rings is 3. The van der Waals surface area contributed by atoms with Gasteiger partial charge >= 0.3 is 6.16 Å². The lowest BCUT2D eigenvalue weighted by atomic mass is 9.90. The molecule has 0 aliphatic carbocycles. The van der Waals surface area contributed by atoms with E-state index in [9.17, 15) is 14.4 Å². The van der Waals surface area contributed by atoms with Crippen LogP contribution in [-0.4, -0.2) is 74.8 Å². The first-order valence-corrected chi connectivity index (χ1v) is 12.1. The molecular weight excluding hydrogens is 484 g/mol. The smallest absolute Gasteiger partial charge is 0.437 e. The van der Waals surface area contributed by atoms with Gasteiger partial charge in [-0.05, 0) is 49.5 Å². The van der Waals surface area contributed by atoms with E-state index in [1.165, 1.54) is 7.11 Å². The van der Waals surface area contributed by atoms with Crippen LogP contribution in [-0.2, 0) is 9.53 Å². The second kappa shape index (κ2) is 11.7. The molecule has 0 saturated carbocycles. The zero-order chi connectivity index (χ0) is 27.2. The van der Waals surface area contributed by atoms with Crippen molar-refractivity contribution in [3.8, 4) is 5.75 Å². The van der Waals surface area contributed by atoms with Gasteiger partial charge in [0.2, 0.25) is 5.91 Å². The largest absolute Gasteiger partial charge is 0.513 e. The first-order chi connectivity index (χ1) is 18.3. The maximum absolute atomic E-state index is 13.2. The van der Waals surface area contributed by atoms with Crippen LogP contribution in [0.5, 0.6) is 5.75 Å². The first kappa shape index (κ1) is 26.6. The summed E-state index contributed by atoms with van der Waals surface area (Å²) in [5.74, 6) is -0.818. The van der Waals surface area contributed by atoms with Crippen molar-refractivity contribution in [2.45, 2.75) is 5.92 Å². The van der Waals surface area contributed by atoms with Crippen molar-refractivity contribution in [1.29, 1.82) is 0 Å². The molecule has 3 aromatic carbocycles. The Kier molecular flexibility index (Phi) is 8.18. The molecule has 0 saturated heterocycles. The van der Waals surface area contributed by atoms with Crippen LogP contribution >= 0.6 is 0 Å². The molecule has 196 valence electrons. The fraction of sp³-hybridized carbons (Fsp3) is 0.241. The van der Waals surface area contributed by atoms with E-state index < -0.39 is 12.1 Å². The molecule has 1 atom stereocenters. The number of amides is 2. The number of methoxy groups -OCH3 is 1. The summed E-state index contributed by atoms with van der Waals surface area (Å²) in [5, 5.41) is 2.87. The molecule has 3 aromatic rings. The van der Waals surface area contributed by atoms with Gasteiger partial charge in [0.1, 0.15) is 11.7 Å². The predicted octanol–water partition coefficient (Wildman–Crippen LogP) is 4.32. The number of aliphatic imine (C=N–C) groups is 1. The van der Waals surface area contributed by atoms with E-state index in [2.05, 4.69) is 10.1 Å². The summed E-state index contributed by atoms with van der Waals surface area (Å²) in [7, 11) is 6.92. The molecule has 1 heterocycles. The summed E-state index contributed by atoms with van der Waals surface area (Å²) in [6.07, 6.45) is -0.848. The number of carbonyl (C=O) groups is 3. The number of carbonyl (C=O) groups excluding carboxylic acids is 3. The number of nitrogens with zero attached hydrogens (tertiary/aromatic N) is 3. The van der Waals surface area contributed by atoms with Gasteiger partial charge in [-0.25, -0.2) is 4.79 Å². The Morgan fingerprint density at radius 1 is 0.921 bits per heavy atom. The Morgan fingerprint density at radius 3 is 2.37 bits per heavy atom. The van der Waals surface area contributed by atoms with Gasteiger partial charge < -0.3 is 24.6 Å². The van der Waals surface area contributed by atoms with Crippen LogP contribution in [0, 0.1) is 0 Å². The van der Waals surface area contributed by atoms with Crippen LogP contribution in [0.2, 0.25) is 0 Å². The third-order valence-electron chi connectivity index (χ3n) is 6.14. The topological polar surface area (TPSA) is 101 Å². The number of likely N-dealkylation sites (N-methyl/N-ethyl adjacent to an activating group) is 2. The standard InChI is InChI=1S/C29H30N4O5/c1-32(2)15-16-33(3)28(35)20-11-8-12-21(17-20)30-26(19-9-6-5-7-10-19)25-23-14-13-22(38-29(36)37-4)18-24(23)31-27(25)34/h5-14,17-18,25H,15-16H2,1-4H3,(H,31,34). The van der Waals surface area contributed by atoms with E-state index in [1.54, 1.807) is 54.4 Å². The summed E-state index contributed by atoms with van der Waals surface area (Å²) >= 11 is 0. The number of ether oxygens (including phenoxy) is 2. The molecule has 1 N–H and O–H groups in total. The average Bonchev–Trinajstić information content (AvgIpc) is 3.25. The van der Waals surface area contributed by atoms with E-state index in [0.717, 1.165) is 12.1 Å². The molecule has 0 radical (unpaired) electrons. The Hall–Kier alpha value is -4.50. The molecule has 4 rings (SSSR count). The second-order valence-corrected chi connectivity index (χ2v) is 9.17. The van der Waals surface area contributed by atoms with Crippen molar-refractivity contribution in [2.75, 3.05) is 46.7 Å². The fourth-order valence-electron chi connectivity index (χ4n) is 4.14. The highest BCUT2D eigenvalue weighted by atomic mass is 16.7. The Morgan fingerprint density at radius 2 is 1.66 bits per heavy atom. The van der Waals surface area contributed by atoms with Crippen molar-refractivity contribution >= 4 is 35.1 Å². The third kappa shape index (κ3) is 6.07. The number of nitrogens with one attached hydrogen (secondary N) is 1. The number of hydrogen-bond donors (Lipinski definition) is 1. The van der Waals surface area contributed by atoms with Gasteiger partial charge in [0.25, 0.3) is 5.91 Å². The molecule has 0 aromatic heterocycles. The highest BCUT2D eigenvalue weighted by Crippen LogP contribution is 2.38. The van der Waals surface area contributed by atoms with Crippen LogP contribution in [0.3, 0.4) is 0 Å². The minimum absolute atomic E-state index is 0.104. The van der Waals surface area contributed by atoms with Crippen LogP contribution in [0.4, 0.5) is 16.2 Å². The van der Waals surface area contributed by atoms with Crippen molar-refractivity contribution in [1.82, 2.24) is 9.80 Å². The van der Waals surface area contributed by atoms with Crippen LogP contribution in [0.25, 0.3) is 0 Å². The number of fused-ring (bicyclic) bond motifs is 1. The third-order valence-corrected chi connectivity index (χ3v) is 6.14. The number of hydrogen-bond acceptors (Lipinski definition) is 7. The van der Waals surface area contributed by atoms with Gasteiger partial charge in [0.15, 0.2) is 0 Å². The zero-order valence-electron chi connectivity index (χ0n) is 21.8. The van der Waals surface area contributed by atoms with E-state index in [0.29, 0.717) is 34.8 Å². The molecule has 1 aliphatic rings. The van der Waals surface area contributed by atoms with E-state index in [1.807, 2.05) is 49.3 Å². The van der Waals surface area contributed by atoms with Gasteiger partial charge in [0, 0.05) is 37.5 Å². The fourth-order valence-corrected chi connectivity index (χ4v) is 4.14. The van der Waals surface area contributed by atoms with Crippen molar-refractivity contribution < 1.29 is 23.9 Å². The molecule has 2 amide bonds. The molecule has 0 bridgehead atoms. The van der Waals surface area contributed by atoms with Gasteiger partial charge in [0.05, 0.1) is 18.5 Å². The summed E-state index contributed by atoms with van der Waals surface area (Å²) in [4.78, 5) is 46.3. The molecule has 38 heavy (non-hydrogen) atoms. The quantitative estimate of drug-likeness (QED) is 0.273. The molecule has 0 spiro atoms. The van der Waals surface area contributed by atoms with Crippen molar-refractivity contribution in [3.05, 3.63) is 89.5 Å². The van der Waals surface area contributed by atoms with Crippen LogP contribution < -0.4 is 10.1 Å². The maximum atomic E-state index is 13.2. The SMILES string of the molecule is COC(=O)Oc1ccc2c(c1)NC(=O)C2C(=Nc1cccc(C(=O)N(C)CCN(C)C)c1)c1ccccc1. The Labute approximate surface area is 221 Å². The summed E-state index contributed by atoms with van der Waals surface area (Å²) < 4.78 is 9.65. The van der Waals surface area contributed by atoms with Crippen LogP contribution in [0.15, 0.2) is 77.8 Å². The Balaban J connectivity index is 1.71. The molecule has 0 fully saturated rings. The maximum Gasteiger partial charge on any atom is 0.513 e. The zero-order valence-corrected chi connectivity index (χ0v) is 21.8. The lowest BCUT2D eigenvalue weighted by Crippen LogP contribution is -2.33. The summed E-state index contributed by atoms with van der Waals surface area (Å²) in [5.41, 5.74) is 3.61. The molecular formula is C29H30N4O5. The Bertz CT molecular complexity index is 1370. The second-order valence-electron chi connectivity index (χ2n) is 9.17. The minimum atomic E-state index is -0.848. The average molecular weight is 515 g/mol. The van der Waals surface area contributed by atoms with E-state index >= 15 is 0 Å². The van der Waals surface area contributed by atoms with Crippen molar-refractivity contribution in [3.63, 3.8) is 0 Å². The number of rotatable bonds is 8. The first-order valence-electron chi connectivity index (χ1n) is 12.1. The molecule has 1 unspecified atom stereocenters. The molecule has 9 nitrogen and oxygen atoms in total. The lowest BCUT2D eigenvalue weighted by molar-refractivity contribution is -0.115. The van der Waals surface area contributed by atoms with Gasteiger partial charge in [-0.3, -0.25) is 14.6 Å². The van der Waals surface area contributed by atoms with E-state index in [4.69, 9.17) is 9.73 Å². The van der Waals surface area contributed by atoms with Crippen molar-refractivity contribution in [2.24, 2.45) is 4.99 Å².